The van der Waals surface area contributed by atoms with Crippen LogP contribution in [-0.4, -0.2) is 64.0 Å². The largest absolute Gasteiger partial charge is 0.352 e. The predicted octanol–water partition coefficient (Wildman–Crippen LogP) is 1.27. The van der Waals surface area contributed by atoms with Gasteiger partial charge in [0.05, 0.1) is 0 Å². The van der Waals surface area contributed by atoms with Gasteiger partial charge in [-0.15, -0.1) is 5.10 Å². The molecule has 29 heavy (non-hydrogen) atoms. The number of carbonyl (C=O) groups excluding carboxylic acids is 2. The van der Waals surface area contributed by atoms with Gasteiger partial charge in [0, 0.05) is 45.3 Å². The first-order valence-electron chi connectivity index (χ1n) is 10.3. The minimum absolute atomic E-state index is 0.00698. The number of hydrogen-bond acceptors (Lipinski definition) is 7. The maximum Gasteiger partial charge on any atom is 0.288 e. The van der Waals surface area contributed by atoms with E-state index in [0.717, 1.165) is 44.0 Å². The Morgan fingerprint density at radius 1 is 1.10 bits per heavy atom. The van der Waals surface area contributed by atoms with Gasteiger partial charge in [0.1, 0.15) is 5.56 Å². The smallest absolute Gasteiger partial charge is 0.288 e. The zero-order valence-corrected chi connectivity index (χ0v) is 17.2. The van der Waals surface area contributed by atoms with E-state index in [1.54, 1.807) is 0 Å². The summed E-state index contributed by atoms with van der Waals surface area (Å²) in [6, 6.07) is 0. The summed E-state index contributed by atoms with van der Waals surface area (Å²) in [7, 11) is 0. The summed E-state index contributed by atoms with van der Waals surface area (Å²) in [5.74, 6) is -0.276. The summed E-state index contributed by atoms with van der Waals surface area (Å²) in [6.45, 7) is 3.68. The Kier molecular flexibility index (Phi) is 6.08. The highest BCUT2D eigenvalue weighted by molar-refractivity contribution is 7.20. The van der Waals surface area contributed by atoms with Crippen molar-refractivity contribution >= 4 is 33.2 Å². The van der Waals surface area contributed by atoms with Gasteiger partial charge in [0.25, 0.3) is 11.5 Å². The van der Waals surface area contributed by atoms with Crippen LogP contribution in [0.5, 0.6) is 0 Å². The third kappa shape index (κ3) is 4.42. The fourth-order valence-electron chi connectivity index (χ4n) is 3.83. The Morgan fingerprint density at radius 2 is 1.90 bits per heavy atom. The van der Waals surface area contributed by atoms with Crippen molar-refractivity contribution in [3.05, 3.63) is 22.1 Å². The van der Waals surface area contributed by atoms with Crippen LogP contribution in [0.4, 0.5) is 5.13 Å². The number of aromatic nitrogens is 3. The van der Waals surface area contributed by atoms with E-state index in [4.69, 9.17) is 0 Å². The molecule has 0 aromatic carbocycles. The molecule has 2 aliphatic heterocycles. The van der Waals surface area contributed by atoms with Crippen molar-refractivity contribution in [2.45, 2.75) is 44.9 Å². The number of anilines is 1. The van der Waals surface area contributed by atoms with Crippen molar-refractivity contribution in [2.24, 2.45) is 0 Å². The number of hydrogen-bond donors (Lipinski definition) is 1. The molecule has 0 unspecified atom stereocenters. The number of rotatable bonds is 6. The quantitative estimate of drug-likeness (QED) is 0.710. The van der Waals surface area contributed by atoms with E-state index in [2.05, 4.69) is 20.3 Å². The van der Waals surface area contributed by atoms with Gasteiger partial charge in [-0.2, -0.15) is 4.52 Å². The molecule has 0 spiro atoms. The molecule has 0 atom stereocenters. The molecular weight excluding hydrogens is 392 g/mol. The molecule has 2 aromatic rings. The topological polar surface area (TPSA) is 99.9 Å². The second kappa shape index (κ2) is 8.89. The fourth-order valence-corrected chi connectivity index (χ4v) is 4.74. The third-order valence-corrected chi connectivity index (χ3v) is 6.44. The molecule has 2 aliphatic rings. The Morgan fingerprint density at radius 3 is 2.62 bits per heavy atom. The lowest BCUT2D eigenvalue weighted by atomic mass is 10.2. The van der Waals surface area contributed by atoms with Crippen molar-refractivity contribution in [2.75, 3.05) is 37.6 Å². The van der Waals surface area contributed by atoms with Crippen LogP contribution in [0.3, 0.4) is 0 Å². The highest BCUT2D eigenvalue weighted by Gasteiger charge is 2.21. The van der Waals surface area contributed by atoms with Crippen LogP contribution in [-0.2, 0) is 4.79 Å². The molecule has 2 aromatic heterocycles. The van der Waals surface area contributed by atoms with E-state index in [1.807, 2.05) is 4.90 Å². The maximum atomic E-state index is 12.8. The number of nitrogens with one attached hydrogen (secondary N) is 1. The van der Waals surface area contributed by atoms with E-state index < -0.39 is 11.5 Å². The zero-order valence-electron chi connectivity index (χ0n) is 16.4. The van der Waals surface area contributed by atoms with Gasteiger partial charge in [0.2, 0.25) is 16.0 Å². The maximum absolute atomic E-state index is 12.8. The molecule has 4 heterocycles. The summed E-state index contributed by atoms with van der Waals surface area (Å²) in [6.07, 6.45) is 8.18. The SMILES string of the molecule is O=C(NCCCN1CCCC1=O)c1cnc2sc(N3CCCCCC3)nn2c1=O. The Bertz CT molecular complexity index is 947. The molecule has 0 aliphatic carbocycles. The predicted molar refractivity (Wildman–Crippen MR) is 111 cm³/mol. The summed E-state index contributed by atoms with van der Waals surface area (Å²) >= 11 is 1.38. The summed E-state index contributed by atoms with van der Waals surface area (Å²) in [5, 5.41) is 7.98. The second-order valence-electron chi connectivity index (χ2n) is 7.55. The van der Waals surface area contributed by atoms with Crippen LogP contribution >= 0.6 is 11.3 Å². The molecule has 1 N–H and O–H groups in total. The molecule has 2 amide bonds. The van der Waals surface area contributed by atoms with Crippen molar-refractivity contribution < 1.29 is 9.59 Å². The Labute approximate surface area is 172 Å². The number of nitrogens with zero attached hydrogens (tertiary/aromatic N) is 5. The van der Waals surface area contributed by atoms with Crippen LogP contribution in [0.1, 0.15) is 55.3 Å². The van der Waals surface area contributed by atoms with Gasteiger partial charge in [-0.3, -0.25) is 14.4 Å². The molecule has 0 radical (unpaired) electrons. The highest BCUT2D eigenvalue weighted by atomic mass is 32.1. The van der Waals surface area contributed by atoms with Crippen LogP contribution in [0.2, 0.25) is 0 Å². The van der Waals surface area contributed by atoms with Crippen molar-refractivity contribution in [3.63, 3.8) is 0 Å². The molecule has 4 rings (SSSR count). The second-order valence-corrected chi connectivity index (χ2v) is 8.49. The lowest BCUT2D eigenvalue weighted by Crippen LogP contribution is -2.34. The first kappa shape index (κ1) is 19.8. The van der Waals surface area contributed by atoms with Crippen LogP contribution in [0.15, 0.2) is 11.0 Å². The van der Waals surface area contributed by atoms with Crippen molar-refractivity contribution in [3.8, 4) is 0 Å². The van der Waals surface area contributed by atoms with Gasteiger partial charge in [-0.05, 0) is 25.7 Å². The minimum atomic E-state index is -0.450. The van der Waals surface area contributed by atoms with Gasteiger partial charge in [-0.1, -0.05) is 24.2 Å². The average Bonchev–Trinajstić information content (AvgIpc) is 3.23. The average molecular weight is 419 g/mol. The van der Waals surface area contributed by atoms with E-state index in [9.17, 15) is 14.4 Å². The van der Waals surface area contributed by atoms with Crippen LogP contribution < -0.4 is 15.8 Å². The summed E-state index contributed by atoms with van der Waals surface area (Å²) in [5.41, 5.74) is -0.452. The van der Waals surface area contributed by atoms with Gasteiger partial charge < -0.3 is 15.1 Å². The third-order valence-electron chi connectivity index (χ3n) is 5.46. The molecule has 0 saturated carbocycles. The first-order chi connectivity index (χ1) is 14.1. The highest BCUT2D eigenvalue weighted by Crippen LogP contribution is 2.24. The fraction of sp³-hybridized carbons (Fsp3) is 0.632. The molecule has 2 fully saturated rings. The lowest BCUT2D eigenvalue weighted by molar-refractivity contribution is -0.127. The van der Waals surface area contributed by atoms with Crippen LogP contribution in [0.25, 0.3) is 4.96 Å². The van der Waals surface area contributed by atoms with E-state index in [1.165, 1.54) is 34.9 Å². The van der Waals surface area contributed by atoms with Crippen LogP contribution in [0, 0.1) is 0 Å². The Balaban J connectivity index is 1.40. The molecular formula is C19H26N6O3S. The summed E-state index contributed by atoms with van der Waals surface area (Å²) in [4.78, 5) is 45.6. The first-order valence-corrected chi connectivity index (χ1v) is 11.1. The molecule has 156 valence electrons. The Hall–Kier alpha value is -2.49. The normalized spacial score (nSPS) is 17.7. The summed E-state index contributed by atoms with van der Waals surface area (Å²) < 4.78 is 1.24. The van der Waals surface area contributed by atoms with E-state index >= 15 is 0 Å². The monoisotopic (exact) mass is 418 g/mol. The van der Waals surface area contributed by atoms with E-state index in [0.29, 0.717) is 30.9 Å². The standard InChI is InChI=1S/C19H26N6O3S/c26-15-7-5-11-23(15)12-6-8-20-16(27)14-13-21-18-25(17(14)28)22-19(29-18)24-9-3-1-2-4-10-24/h13H,1-12H2,(H,20,27). The molecule has 2 saturated heterocycles. The van der Waals surface area contributed by atoms with Gasteiger partial charge in [0.15, 0.2) is 0 Å². The number of amides is 2. The molecule has 10 heteroatoms. The molecule has 9 nitrogen and oxygen atoms in total. The van der Waals surface area contributed by atoms with Crippen molar-refractivity contribution in [1.82, 2.24) is 24.8 Å². The number of likely N-dealkylation sites (tertiary alicyclic amines) is 1. The molecule has 0 bridgehead atoms. The lowest BCUT2D eigenvalue weighted by Gasteiger charge is -2.17. The zero-order chi connectivity index (χ0) is 20.2. The van der Waals surface area contributed by atoms with Crippen molar-refractivity contribution in [1.29, 1.82) is 0 Å². The van der Waals surface area contributed by atoms with E-state index in [-0.39, 0.29) is 11.5 Å². The van der Waals surface area contributed by atoms with Gasteiger partial charge >= 0.3 is 0 Å². The number of carbonyl (C=O) groups is 2. The van der Waals surface area contributed by atoms with Gasteiger partial charge in [-0.25, -0.2) is 4.98 Å². The minimum Gasteiger partial charge on any atom is -0.352 e. The number of fused-ring (bicyclic) bond motifs is 1.